The van der Waals surface area contributed by atoms with Crippen LogP contribution in [0.15, 0.2) is 33.4 Å². The first-order valence-electron chi connectivity index (χ1n) is 7.45. The molecule has 3 rings (SSSR count). The lowest BCUT2D eigenvalue weighted by molar-refractivity contribution is -0.157. The second-order valence-electron chi connectivity index (χ2n) is 6.50. The number of β-lactam (4-membered cyclic amide) rings is 1. The summed E-state index contributed by atoms with van der Waals surface area (Å²) in [7, 11) is 0. The minimum atomic E-state index is -0.636. The van der Waals surface area contributed by atoms with Crippen molar-refractivity contribution in [1.82, 2.24) is 9.88 Å². The number of rotatable bonds is 4. The maximum absolute atomic E-state index is 12.7. The number of ether oxygens (including phenoxy) is 1. The van der Waals surface area contributed by atoms with E-state index in [-0.39, 0.29) is 11.3 Å². The molecule has 1 fully saturated rings. The normalized spacial score (nSPS) is 23.8. The first-order chi connectivity index (χ1) is 11.3. The number of carbonyl (C=O) groups excluding carboxylic acids is 2. The molecule has 0 aromatic carbocycles. The average Bonchev–Trinajstić information content (AvgIpc) is 3.02. The number of carbonyl (C=O) groups is 2. The second kappa shape index (κ2) is 6.45. The van der Waals surface area contributed by atoms with Crippen LogP contribution in [-0.4, -0.2) is 50.3 Å². The van der Waals surface area contributed by atoms with Crippen LogP contribution >= 0.6 is 23.5 Å². The molecule has 3 heterocycles. The van der Waals surface area contributed by atoms with E-state index in [9.17, 15) is 9.59 Å². The third-order valence-corrected chi connectivity index (χ3v) is 5.82. The van der Waals surface area contributed by atoms with Gasteiger partial charge in [0.15, 0.2) is 11.5 Å². The van der Waals surface area contributed by atoms with Gasteiger partial charge in [-0.3, -0.25) is 9.69 Å². The molecule has 2 N–H and O–H groups in total. The Bertz CT molecular complexity index is 681. The Morgan fingerprint density at radius 3 is 2.96 bits per heavy atom. The fourth-order valence-corrected chi connectivity index (χ4v) is 4.66. The Labute approximate surface area is 148 Å². The Morgan fingerprint density at radius 2 is 2.33 bits per heavy atom. The first-order valence-corrected chi connectivity index (χ1v) is 9.48. The number of amides is 1. The lowest BCUT2D eigenvalue weighted by atomic mass is 10.0. The minimum absolute atomic E-state index is 0.195. The van der Waals surface area contributed by atoms with Crippen molar-refractivity contribution in [2.75, 3.05) is 11.5 Å². The summed E-state index contributed by atoms with van der Waals surface area (Å²) in [6, 6.07) is -0.559. The fraction of sp³-hybridized carbons (Fsp3) is 0.533. The van der Waals surface area contributed by atoms with Crippen molar-refractivity contribution in [1.29, 1.82) is 0 Å². The zero-order valence-electron chi connectivity index (χ0n) is 13.6. The molecule has 24 heavy (non-hydrogen) atoms. The third kappa shape index (κ3) is 3.33. The molecule has 7 nitrogen and oxygen atoms in total. The van der Waals surface area contributed by atoms with E-state index >= 15 is 0 Å². The number of oxazole rings is 1. The minimum Gasteiger partial charge on any atom is -0.455 e. The lowest BCUT2D eigenvalue weighted by Gasteiger charge is -2.48. The Hall–Kier alpha value is -1.45. The molecule has 0 spiro atoms. The maximum atomic E-state index is 12.7. The van der Waals surface area contributed by atoms with Crippen molar-refractivity contribution in [2.24, 2.45) is 5.73 Å². The maximum Gasteiger partial charge on any atom is 0.355 e. The van der Waals surface area contributed by atoms with Crippen LogP contribution in [0.3, 0.4) is 0 Å². The molecule has 130 valence electrons. The van der Waals surface area contributed by atoms with E-state index in [0.717, 1.165) is 5.57 Å². The second-order valence-corrected chi connectivity index (χ2v) is 8.58. The molecule has 2 aliphatic rings. The molecule has 0 saturated carbocycles. The van der Waals surface area contributed by atoms with Gasteiger partial charge in [0.05, 0.1) is 6.20 Å². The summed E-state index contributed by atoms with van der Waals surface area (Å²) in [6.07, 6.45) is 2.97. The molecule has 1 amide bonds. The van der Waals surface area contributed by atoms with E-state index in [1.165, 1.54) is 23.1 Å². The highest BCUT2D eigenvalue weighted by atomic mass is 32.2. The fourth-order valence-electron chi connectivity index (χ4n) is 2.44. The average molecular weight is 369 g/mol. The molecule has 0 radical (unpaired) electrons. The summed E-state index contributed by atoms with van der Waals surface area (Å²) < 4.78 is 10.7. The molecule has 1 aromatic rings. The Balaban J connectivity index is 1.86. The van der Waals surface area contributed by atoms with E-state index in [4.69, 9.17) is 14.9 Å². The van der Waals surface area contributed by atoms with Crippen LogP contribution in [0.1, 0.15) is 20.8 Å². The third-order valence-electron chi connectivity index (χ3n) is 3.48. The number of nitrogens with two attached hydrogens (primary N) is 1. The van der Waals surface area contributed by atoms with Gasteiger partial charge in [0, 0.05) is 11.5 Å². The monoisotopic (exact) mass is 369 g/mol. The van der Waals surface area contributed by atoms with Gasteiger partial charge in [-0.25, -0.2) is 9.78 Å². The number of thioether (sulfide) groups is 2. The Kier molecular flexibility index (Phi) is 4.67. The van der Waals surface area contributed by atoms with Crippen molar-refractivity contribution < 1.29 is 18.7 Å². The highest BCUT2D eigenvalue weighted by molar-refractivity contribution is 8.01. The summed E-state index contributed by atoms with van der Waals surface area (Å²) in [5.74, 6) is 0.414. The number of aromatic nitrogens is 1. The summed E-state index contributed by atoms with van der Waals surface area (Å²) >= 11 is 2.99. The van der Waals surface area contributed by atoms with Crippen molar-refractivity contribution in [3.8, 4) is 0 Å². The molecule has 2 atom stereocenters. The number of hydrogen-bond donors (Lipinski definition) is 1. The molecule has 2 aliphatic heterocycles. The van der Waals surface area contributed by atoms with Gasteiger partial charge in [-0.15, -0.1) is 11.8 Å². The number of nitrogens with zero attached hydrogens (tertiary/aromatic N) is 2. The standard InChI is InChI=1S/C15H19N3O4S2/c1-15(2,3)22-14(20)11-8(5-23-9-4-17-7-21-9)6-24-13-10(16)12(19)18(11)13/h4,7,10,13H,5-6,16H2,1-3H3/t10?,13-/m0/s1. The van der Waals surface area contributed by atoms with Crippen LogP contribution in [0.2, 0.25) is 0 Å². The predicted octanol–water partition coefficient (Wildman–Crippen LogP) is 1.60. The van der Waals surface area contributed by atoms with Crippen LogP contribution in [0, 0.1) is 0 Å². The van der Waals surface area contributed by atoms with E-state index < -0.39 is 17.6 Å². The molecular weight excluding hydrogens is 350 g/mol. The van der Waals surface area contributed by atoms with Gasteiger partial charge in [-0.05, 0) is 26.3 Å². The number of fused-ring (bicyclic) bond motifs is 1. The van der Waals surface area contributed by atoms with Gasteiger partial charge in [0.1, 0.15) is 22.7 Å². The smallest absolute Gasteiger partial charge is 0.355 e. The predicted molar refractivity (Wildman–Crippen MR) is 91.2 cm³/mol. The van der Waals surface area contributed by atoms with Gasteiger partial charge in [0.25, 0.3) is 0 Å². The van der Waals surface area contributed by atoms with Crippen molar-refractivity contribution in [2.45, 2.75) is 42.9 Å². The van der Waals surface area contributed by atoms with Crippen molar-refractivity contribution in [3.05, 3.63) is 23.9 Å². The Morgan fingerprint density at radius 1 is 1.58 bits per heavy atom. The van der Waals surface area contributed by atoms with E-state index in [1.54, 1.807) is 38.7 Å². The zero-order valence-corrected chi connectivity index (χ0v) is 15.3. The van der Waals surface area contributed by atoms with Crippen molar-refractivity contribution in [3.63, 3.8) is 0 Å². The molecule has 1 aromatic heterocycles. The molecular formula is C15H19N3O4S2. The van der Waals surface area contributed by atoms with Gasteiger partial charge >= 0.3 is 5.97 Å². The summed E-state index contributed by atoms with van der Waals surface area (Å²) in [5, 5.41) is 0.462. The van der Waals surface area contributed by atoms with Crippen LogP contribution < -0.4 is 5.73 Å². The quantitative estimate of drug-likeness (QED) is 0.485. The summed E-state index contributed by atoms with van der Waals surface area (Å²) in [4.78, 5) is 30.2. The van der Waals surface area contributed by atoms with Gasteiger partial charge in [0.2, 0.25) is 5.91 Å². The highest BCUT2D eigenvalue weighted by Crippen LogP contribution is 2.41. The molecule has 1 unspecified atom stereocenters. The molecule has 1 saturated heterocycles. The van der Waals surface area contributed by atoms with Crippen LogP contribution in [0.4, 0.5) is 0 Å². The van der Waals surface area contributed by atoms with E-state index in [0.29, 0.717) is 22.3 Å². The highest BCUT2D eigenvalue weighted by Gasteiger charge is 2.52. The van der Waals surface area contributed by atoms with Gasteiger partial charge in [-0.2, -0.15) is 0 Å². The summed E-state index contributed by atoms with van der Waals surface area (Å²) in [6.45, 7) is 5.40. The topological polar surface area (TPSA) is 98.7 Å². The van der Waals surface area contributed by atoms with E-state index in [2.05, 4.69) is 4.98 Å². The molecule has 0 aliphatic carbocycles. The largest absolute Gasteiger partial charge is 0.455 e. The zero-order chi connectivity index (χ0) is 17.5. The van der Waals surface area contributed by atoms with Gasteiger partial charge in [-0.1, -0.05) is 11.8 Å². The lowest BCUT2D eigenvalue weighted by Crippen LogP contribution is -2.68. The van der Waals surface area contributed by atoms with Crippen LogP contribution in [0.25, 0.3) is 0 Å². The van der Waals surface area contributed by atoms with Crippen LogP contribution in [0.5, 0.6) is 0 Å². The van der Waals surface area contributed by atoms with Crippen molar-refractivity contribution >= 4 is 35.4 Å². The molecule has 9 heteroatoms. The summed E-state index contributed by atoms with van der Waals surface area (Å²) in [5.41, 5.74) is 6.38. The van der Waals surface area contributed by atoms with E-state index in [1.807, 2.05) is 0 Å². The van der Waals surface area contributed by atoms with Gasteiger partial charge < -0.3 is 14.9 Å². The molecule has 0 bridgehead atoms. The first kappa shape index (κ1) is 17.4. The number of esters is 1. The van der Waals surface area contributed by atoms with Crippen LogP contribution in [-0.2, 0) is 14.3 Å². The number of hydrogen-bond acceptors (Lipinski definition) is 8. The SMILES string of the molecule is CC(C)(C)OC(=O)C1=C(CSc2cnco2)CS[C@H]2C(N)C(=O)N12.